The number of benzene rings is 1. The zero-order valence-electron chi connectivity index (χ0n) is 33.2. The zero-order valence-corrected chi connectivity index (χ0v) is 34.1. The van der Waals surface area contributed by atoms with Crippen molar-refractivity contribution in [2.24, 2.45) is 28.1 Å². The van der Waals surface area contributed by atoms with Gasteiger partial charge >= 0.3 is 0 Å². The minimum Gasteiger partial charge on any atom is -0.493 e. The summed E-state index contributed by atoms with van der Waals surface area (Å²) in [6.45, 7) is 25.9. The number of fused-ring (bicyclic) bond motifs is 5. The van der Waals surface area contributed by atoms with Crippen molar-refractivity contribution in [1.82, 2.24) is 5.32 Å². The third-order valence-corrected chi connectivity index (χ3v) is 12.6. The molecule has 1 saturated heterocycles. The highest BCUT2D eigenvalue weighted by Crippen LogP contribution is 2.59. The molecule has 4 radical (unpaired) electrons. The topological polar surface area (TPSA) is 38.3 Å². The number of ether oxygens (including phenoxy) is 1. The lowest BCUT2D eigenvalue weighted by atomic mass is 9.43. The van der Waals surface area contributed by atoms with Crippen LogP contribution in [0.1, 0.15) is 169 Å². The van der Waals surface area contributed by atoms with E-state index in [0.717, 1.165) is 69.1 Å². The molecule has 3 fully saturated rings. The molecule has 3 nitrogen and oxygen atoms in total. The molecule has 3 aliphatic carbocycles. The highest BCUT2D eigenvalue weighted by molar-refractivity contribution is 7.80. The number of thiol groups is 1. The Bertz CT molecular complexity index is 1120. The monoisotopic (exact) mass is 678 g/mol. The summed E-state index contributed by atoms with van der Waals surface area (Å²) in [6.07, 6.45) is 15.1. The summed E-state index contributed by atoms with van der Waals surface area (Å²) >= 11 is 4.15. The molecule has 1 aromatic rings. The molecule has 48 heavy (non-hydrogen) atoms. The lowest BCUT2D eigenvalue weighted by molar-refractivity contribution is -0.129. The minimum atomic E-state index is -0.587. The van der Waals surface area contributed by atoms with Gasteiger partial charge in [0.15, 0.2) is 0 Å². The molecule has 0 aromatic heterocycles. The largest absolute Gasteiger partial charge is 0.493 e. The van der Waals surface area contributed by atoms with Crippen LogP contribution in [0.4, 0.5) is 0 Å². The molecule has 4 aliphatic rings. The molecule has 1 N–H and O–H groups in total. The summed E-state index contributed by atoms with van der Waals surface area (Å²) in [6, 6.07) is 5.56. The Kier molecular flexibility index (Phi) is 17.2. The molecular formula is C42H73B2NO2S. The number of rotatable bonds is 8. The van der Waals surface area contributed by atoms with E-state index in [9.17, 15) is 4.79 Å². The van der Waals surface area contributed by atoms with Gasteiger partial charge in [-0.3, -0.25) is 4.79 Å². The third kappa shape index (κ3) is 12.1. The van der Waals surface area contributed by atoms with Crippen molar-refractivity contribution in [2.45, 2.75) is 177 Å². The van der Waals surface area contributed by atoms with E-state index in [1.165, 1.54) is 56.2 Å². The maximum atomic E-state index is 12.4. The number of hydrogen-bond acceptors (Lipinski definition) is 4. The highest BCUT2D eigenvalue weighted by Gasteiger charge is 2.54. The van der Waals surface area contributed by atoms with Crippen molar-refractivity contribution in [3.8, 4) is 5.75 Å². The van der Waals surface area contributed by atoms with E-state index in [-0.39, 0.29) is 10.8 Å². The summed E-state index contributed by atoms with van der Waals surface area (Å²) < 4.78 is 5.94. The summed E-state index contributed by atoms with van der Waals surface area (Å²) in [5.41, 5.74) is 4.86. The van der Waals surface area contributed by atoms with Crippen molar-refractivity contribution in [2.75, 3.05) is 18.9 Å². The average molecular weight is 678 g/mol. The first kappa shape index (κ1) is 43.3. The first-order valence-corrected chi connectivity index (χ1v) is 20.2. The van der Waals surface area contributed by atoms with Gasteiger partial charge in [0.1, 0.15) is 11.5 Å². The van der Waals surface area contributed by atoms with Gasteiger partial charge in [0.05, 0.1) is 22.3 Å². The van der Waals surface area contributed by atoms with Crippen LogP contribution in [0, 0.1) is 35.0 Å². The maximum absolute atomic E-state index is 12.4. The van der Waals surface area contributed by atoms with E-state index in [2.05, 4.69) is 99.3 Å². The molecule has 0 amide bonds. The van der Waals surface area contributed by atoms with Gasteiger partial charge in [-0.25, -0.2) is 0 Å². The van der Waals surface area contributed by atoms with Gasteiger partial charge in [-0.05, 0) is 141 Å². The molecule has 1 aliphatic heterocycles. The van der Waals surface area contributed by atoms with Crippen LogP contribution in [0.2, 0.25) is 5.21 Å². The Morgan fingerprint density at radius 2 is 1.67 bits per heavy atom. The highest BCUT2D eigenvalue weighted by atomic mass is 32.1. The third-order valence-electron chi connectivity index (χ3n) is 12.3. The van der Waals surface area contributed by atoms with Crippen LogP contribution in [0.3, 0.4) is 0 Å². The smallest absolute Gasteiger partial charge is 0.139 e. The van der Waals surface area contributed by atoms with Crippen LogP contribution >= 0.6 is 12.6 Å². The van der Waals surface area contributed by atoms with Gasteiger partial charge in [-0.15, -0.1) is 0 Å². The average Bonchev–Trinajstić information content (AvgIpc) is 3.67. The maximum Gasteiger partial charge on any atom is 0.139 e. The Balaban J connectivity index is 0.000000275. The number of ketones is 1. The Morgan fingerprint density at radius 1 is 1.00 bits per heavy atom. The number of carbonyl (C=O) groups is 1. The van der Waals surface area contributed by atoms with Gasteiger partial charge in [-0.2, -0.15) is 12.6 Å². The molecule has 0 bridgehead atoms. The van der Waals surface area contributed by atoms with Gasteiger partial charge in [0.2, 0.25) is 0 Å². The molecule has 2 saturated carbocycles. The second-order valence-electron chi connectivity index (χ2n) is 17.6. The molecule has 6 heteroatoms. The molecule has 5 rings (SSSR count). The van der Waals surface area contributed by atoms with Crippen LogP contribution in [-0.2, 0) is 11.2 Å². The number of Topliss-reactive ketones (excluding diaryl/α,β-unsaturated/α-hetero) is 1. The van der Waals surface area contributed by atoms with E-state index in [4.69, 9.17) is 20.4 Å². The molecule has 270 valence electrons. The van der Waals surface area contributed by atoms with Gasteiger partial charge in [-0.1, -0.05) is 86.9 Å². The predicted molar refractivity (Wildman–Crippen MR) is 214 cm³/mol. The number of carbonyl (C=O) groups excluding carboxylic acids is 1. The van der Waals surface area contributed by atoms with Crippen molar-refractivity contribution >= 4 is 34.1 Å². The van der Waals surface area contributed by atoms with Crippen molar-refractivity contribution < 1.29 is 9.53 Å². The normalized spacial score (nSPS) is 26.4. The second-order valence-corrected chi connectivity index (χ2v) is 18.1. The van der Waals surface area contributed by atoms with E-state index < -0.39 is 5.21 Å². The number of nitrogens with one attached hydrogen (secondary N) is 1. The number of aryl methyl sites for hydroxylation is 2. The Morgan fingerprint density at radius 3 is 2.17 bits per heavy atom. The van der Waals surface area contributed by atoms with Crippen LogP contribution in [0.25, 0.3) is 0 Å². The molecule has 1 aromatic carbocycles. The fourth-order valence-electron chi connectivity index (χ4n) is 7.75. The second kappa shape index (κ2) is 19.1. The first-order chi connectivity index (χ1) is 22.3. The SMILES string of the molecule is CCC(C)(C)C.CCC1CCCN1.CCCOc1cc2c(cc1C)C1CCC3(C)C(=O)CCC3C1CC2.[B]C([B])(C)C(C)(C)CCCS. The molecular weight excluding hydrogens is 604 g/mol. The molecule has 5 atom stereocenters. The van der Waals surface area contributed by atoms with Gasteiger partial charge < -0.3 is 10.1 Å². The quantitative estimate of drug-likeness (QED) is 0.212. The van der Waals surface area contributed by atoms with Crippen LogP contribution in [0.15, 0.2) is 12.1 Å². The summed E-state index contributed by atoms with van der Waals surface area (Å²) in [5.74, 6) is 4.51. The summed E-state index contributed by atoms with van der Waals surface area (Å²) in [7, 11) is 11.6. The summed E-state index contributed by atoms with van der Waals surface area (Å²) in [4.78, 5) is 12.4. The van der Waals surface area contributed by atoms with E-state index in [1.807, 2.05) is 6.92 Å². The van der Waals surface area contributed by atoms with E-state index in [0.29, 0.717) is 29.0 Å². The van der Waals surface area contributed by atoms with Gasteiger partial charge in [0.25, 0.3) is 0 Å². The molecule has 0 spiro atoms. The van der Waals surface area contributed by atoms with Crippen LogP contribution in [-0.4, -0.2) is 46.4 Å². The fraction of sp³-hybridized carbons (Fsp3) is 0.833. The van der Waals surface area contributed by atoms with Crippen LogP contribution in [0.5, 0.6) is 5.75 Å². The van der Waals surface area contributed by atoms with Crippen molar-refractivity contribution in [1.29, 1.82) is 0 Å². The van der Waals surface area contributed by atoms with E-state index in [1.54, 1.807) is 5.56 Å². The van der Waals surface area contributed by atoms with E-state index >= 15 is 0 Å². The van der Waals surface area contributed by atoms with Crippen molar-refractivity contribution in [3.63, 3.8) is 0 Å². The zero-order chi connectivity index (χ0) is 36.3. The minimum absolute atomic E-state index is 0.00424. The number of hydrogen-bond donors (Lipinski definition) is 2. The van der Waals surface area contributed by atoms with Crippen molar-refractivity contribution in [3.05, 3.63) is 28.8 Å². The Labute approximate surface area is 306 Å². The lowest BCUT2D eigenvalue weighted by Crippen LogP contribution is -2.42. The Hall–Kier alpha value is -0.870. The standard InChI is InChI=1S/C22H30O2.C8H16B2S.C6H13N.C6H14/c1-4-11-24-20-13-15-5-6-17-16(18(15)12-14(20)2)9-10-22(3)19(17)7-8-21(22)23;1-7(2,5-4-6-11)8(3,9)10;1-2-6-4-3-5-7-6;1-5-6(2,3)4/h12-13,16-17,19H,4-11H2,1-3H3;11H,4-6H2,1-3H3;6-7H,2-5H2,1H3;5H2,1-4H3. The van der Waals surface area contributed by atoms with Gasteiger partial charge in [0, 0.05) is 17.9 Å². The molecule has 5 unspecified atom stereocenters. The van der Waals surface area contributed by atoms with Crippen LogP contribution < -0.4 is 10.1 Å². The fourth-order valence-corrected chi connectivity index (χ4v) is 7.90. The molecule has 1 heterocycles. The predicted octanol–water partition coefficient (Wildman–Crippen LogP) is 11.0. The first-order valence-electron chi connectivity index (χ1n) is 19.6. The lowest BCUT2D eigenvalue weighted by Gasteiger charge is -2.48. The summed E-state index contributed by atoms with van der Waals surface area (Å²) in [5, 5.41) is 2.82.